The van der Waals surface area contributed by atoms with Crippen molar-refractivity contribution in [3.63, 3.8) is 0 Å². The maximum atomic E-state index is 13.1. The maximum Gasteiger partial charge on any atom is 0.254 e. The number of halogens is 1. The first kappa shape index (κ1) is 20.2. The first-order chi connectivity index (χ1) is 11.6. The molecular weight excluding hydrogens is 336 g/mol. The smallest absolute Gasteiger partial charge is 0.254 e. The van der Waals surface area contributed by atoms with Crippen molar-refractivity contribution in [3.8, 4) is 0 Å². The summed E-state index contributed by atoms with van der Waals surface area (Å²) in [6, 6.07) is 10.6. The highest BCUT2D eigenvalue weighted by Crippen LogP contribution is 2.37. The fraction of sp³-hybridized carbons (Fsp3) is 0.650. The summed E-state index contributed by atoms with van der Waals surface area (Å²) in [5.41, 5.74) is 0.999. The zero-order chi connectivity index (χ0) is 17.0. The Morgan fingerprint density at radius 1 is 1.20 bits per heavy atom. The molecular formula is C20H31ClN2O2. The van der Waals surface area contributed by atoms with Crippen molar-refractivity contribution in [1.82, 2.24) is 10.2 Å². The standard InChI is InChI=1S/C20H30N2O2.ClH/c1-19(9-8-17-6-4-3-5-7-17)12-15-22(16-19)18(23)20(24-2)10-13-21-14-11-20;/h3-7,21H,8-16H2,1-2H3;1H. The van der Waals surface area contributed by atoms with Crippen LogP contribution < -0.4 is 5.32 Å². The van der Waals surface area contributed by atoms with Crippen molar-refractivity contribution < 1.29 is 9.53 Å². The number of methoxy groups -OCH3 is 1. The summed E-state index contributed by atoms with van der Waals surface area (Å²) in [4.78, 5) is 15.1. The number of carbonyl (C=O) groups excluding carboxylic acids is 1. The molecule has 0 spiro atoms. The molecule has 3 rings (SSSR count). The van der Waals surface area contributed by atoms with E-state index in [0.717, 1.165) is 58.3 Å². The second-order valence-corrected chi connectivity index (χ2v) is 7.72. The van der Waals surface area contributed by atoms with E-state index in [4.69, 9.17) is 4.74 Å². The molecule has 2 aliphatic heterocycles. The van der Waals surface area contributed by atoms with Gasteiger partial charge in [-0.25, -0.2) is 0 Å². The van der Waals surface area contributed by atoms with Crippen LogP contribution in [0.3, 0.4) is 0 Å². The van der Waals surface area contributed by atoms with Crippen LogP contribution >= 0.6 is 12.4 Å². The summed E-state index contributed by atoms with van der Waals surface area (Å²) < 4.78 is 5.72. The number of amides is 1. The highest BCUT2D eigenvalue weighted by molar-refractivity contribution is 5.86. The van der Waals surface area contributed by atoms with E-state index in [1.165, 1.54) is 5.56 Å². The lowest BCUT2D eigenvalue weighted by Crippen LogP contribution is -2.55. The zero-order valence-corrected chi connectivity index (χ0v) is 16.2. The van der Waals surface area contributed by atoms with Crippen LogP contribution in [0.15, 0.2) is 30.3 Å². The molecule has 0 radical (unpaired) electrons. The van der Waals surface area contributed by atoms with Crippen LogP contribution in [0.1, 0.15) is 38.2 Å². The van der Waals surface area contributed by atoms with Crippen LogP contribution in [0.2, 0.25) is 0 Å². The predicted molar refractivity (Wildman–Crippen MR) is 103 cm³/mol. The van der Waals surface area contributed by atoms with Gasteiger partial charge < -0.3 is 15.0 Å². The lowest BCUT2D eigenvalue weighted by atomic mass is 9.83. The number of benzene rings is 1. The Morgan fingerprint density at radius 3 is 2.52 bits per heavy atom. The summed E-state index contributed by atoms with van der Waals surface area (Å²) >= 11 is 0. The minimum absolute atomic E-state index is 0. The van der Waals surface area contributed by atoms with Gasteiger partial charge in [0.2, 0.25) is 0 Å². The molecule has 5 heteroatoms. The Bertz CT molecular complexity index is 560. The lowest BCUT2D eigenvalue weighted by Gasteiger charge is -2.38. The van der Waals surface area contributed by atoms with E-state index in [9.17, 15) is 4.79 Å². The van der Waals surface area contributed by atoms with E-state index >= 15 is 0 Å². The molecule has 1 aromatic carbocycles. The fourth-order valence-electron chi connectivity index (χ4n) is 4.12. The molecule has 1 atom stereocenters. The highest BCUT2D eigenvalue weighted by Gasteiger charge is 2.46. The van der Waals surface area contributed by atoms with Crippen molar-refractivity contribution in [2.75, 3.05) is 33.3 Å². The van der Waals surface area contributed by atoms with Crippen LogP contribution in [-0.2, 0) is 16.0 Å². The molecule has 1 aromatic rings. The number of likely N-dealkylation sites (tertiary alicyclic amines) is 1. The zero-order valence-electron chi connectivity index (χ0n) is 15.4. The van der Waals surface area contributed by atoms with Crippen LogP contribution in [0.25, 0.3) is 0 Å². The number of ether oxygens (including phenoxy) is 1. The molecule has 0 bridgehead atoms. The minimum Gasteiger partial charge on any atom is -0.368 e. The Labute approximate surface area is 157 Å². The number of hydrogen-bond donors (Lipinski definition) is 1. The molecule has 0 aliphatic carbocycles. The molecule has 0 saturated carbocycles. The summed E-state index contributed by atoms with van der Waals surface area (Å²) in [5, 5.41) is 3.32. The Morgan fingerprint density at radius 2 is 1.88 bits per heavy atom. The van der Waals surface area contributed by atoms with E-state index < -0.39 is 5.60 Å². The Kier molecular flexibility index (Phi) is 6.89. The molecule has 140 valence electrons. The second-order valence-electron chi connectivity index (χ2n) is 7.72. The van der Waals surface area contributed by atoms with Gasteiger partial charge in [0.15, 0.2) is 0 Å². The SMILES string of the molecule is COC1(C(=O)N2CCC(C)(CCc3ccccc3)C2)CCNCC1.Cl. The normalized spacial score (nSPS) is 25.4. The second kappa shape index (κ2) is 8.52. The number of hydrogen-bond acceptors (Lipinski definition) is 3. The third-order valence-corrected chi connectivity index (χ3v) is 5.90. The summed E-state index contributed by atoms with van der Waals surface area (Å²) in [5.74, 6) is 0.204. The van der Waals surface area contributed by atoms with Crippen molar-refractivity contribution in [3.05, 3.63) is 35.9 Å². The van der Waals surface area contributed by atoms with Crippen molar-refractivity contribution in [1.29, 1.82) is 0 Å². The number of nitrogens with zero attached hydrogens (tertiary/aromatic N) is 1. The largest absolute Gasteiger partial charge is 0.368 e. The number of nitrogens with one attached hydrogen (secondary N) is 1. The highest BCUT2D eigenvalue weighted by atomic mass is 35.5. The lowest BCUT2D eigenvalue weighted by molar-refractivity contribution is -0.157. The molecule has 1 unspecified atom stereocenters. The maximum absolute atomic E-state index is 13.1. The van der Waals surface area contributed by atoms with E-state index in [1.54, 1.807) is 7.11 Å². The quantitative estimate of drug-likeness (QED) is 0.870. The molecule has 2 heterocycles. The molecule has 1 amide bonds. The van der Waals surface area contributed by atoms with Gasteiger partial charge >= 0.3 is 0 Å². The summed E-state index contributed by atoms with van der Waals surface area (Å²) in [6.07, 6.45) is 4.85. The van der Waals surface area contributed by atoms with Gasteiger partial charge in [0, 0.05) is 20.2 Å². The van der Waals surface area contributed by atoms with Gasteiger partial charge in [0.25, 0.3) is 5.91 Å². The Hall–Kier alpha value is -1.10. The van der Waals surface area contributed by atoms with Gasteiger partial charge in [-0.15, -0.1) is 12.4 Å². The van der Waals surface area contributed by atoms with Crippen LogP contribution in [-0.4, -0.2) is 49.7 Å². The van der Waals surface area contributed by atoms with E-state index in [-0.39, 0.29) is 23.7 Å². The van der Waals surface area contributed by atoms with E-state index in [1.807, 2.05) is 0 Å². The third kappa shape index (κ3) is 4.55. The average Bonchev–Trinajstić information content (AvgIpc) is 3.03. The van der Waals surface area contributed by atoms with Crippen LogP contribution in [0, 0.1) is 5.41 Å². The number of piperidine rings is 1. The van der Waals surface area contributed by atoms with Gasteiger partial charge in [-0.2, -0.15) is 0 Å². The number of aryl methyl sites for hydroxylation is 1. The van der Waals surface area contributed by atoms with Crippen molar-refractivity contribution in [2.24, 2.45) is 5.41 Å². The molecule has 2 fully saturated rings. The number of rotatable bonds is 5. The molecule has 2 saturated heterocycles. The minimum atomic E-state index is -0.601. The fourth-order valence-corrected chi connectivity index (χ4v) is 4.12. The first-order valence-electron chi connectivity index (χ1n) is 9.16. The average molecular weight is 367 g/mol. The van der Waals surface area contributed by atoms with E-state index in [0.29, 0.717) is 0 Å². The Balaban J connectivity index is 0.00000225. The van der Waals surface area contributed by atoms with Gasteiger partial charge in [-0.1, -0.05) is 37.3 Å². The molecule has 4 nitrogen and oxygen atoms in total. The van der Waals surface area contributed by atoms with Gasteiger partial charge in [0.05, 0.1) is 0 Å². The number of carbonyl (C=O) groups is 1. The topological polar surface area (TPSA) is 41.6 Å². The van der Waals surface area contributed by atoms with Crippen LogP contribution in [0.4, 0.5) is 0 Å². The van der Waals surface area contributed by atoms with E-state index in [2.05, 4.69) is 47.5 Å². The third-order valence-electron chi connectivity index (χ3n) is 5.90. The predicted octanol–water partition coefficient (Wildman–Crippen LogP) is 3.05. The van der Waals surface area contributed by atoms with Gasteiger partial charge in [-0.3, -0.25) is 4.79 Å². The first-order valence-corrected chi connectivity index (χ1v) is 9.16. The summed E-state index contributed by atoms with van der Waals surface area (Å²) in [7, 11) is 1.69. The van der Waals surface area contributed by atoms with Gasteiger partial charge in [-0.05, 0) is 56.2 Å². The van der Waals surface area contributed by atoms with Crippen molar-refractivity contribution in [2.45, 2.75) is 44.6 Å². The molecule has 25 heavy (non-hydrogen) atoms. The molecule has 1 N–H and O–H groups in total. The van der Waals surface area contributed by atoms with Gasteiger partial charge in [0.1, 0.15) is 5.60 Å². The summed E-state index contributed by atoms with van der Waals surface area (Å²) in [6.45, 7) is 5.77. The molecule has 0 aromatic heterocycles. The monoisotopic (exact) mass is 366 g/mol. The molecule has 2 aliphatic rings. The van der Waals surface area contributed by atoms with Crippen molar-refractivity contribution >= 4 is 18.3 Å². The van der Waals surface area contributed by atoms with Crippen LogP contribution in [0.5, 0.6) is 0 Å².